The Morgan fingerprint density at radius 1 is 1.04 bits per heavy atom. The van der Waals surface area contributed by atoms with Crippen molar-refractivity contribution in [1.82, 2.24) is 5.32 Å². The summed E-state index contributed by atoms with van der Waals surface area (Å²) in [5.74, 6) is 0. The Hall–Kier alpha value is -2.53. The summed E-state index contributed by atoms with van der Waals surface area (Å²) in [5.41, 5.74) is 1.66. The molecule has 134 valence electrons. The fraction of sp³-hybridized carbons (Fsp3) is 0.188. The van der Waals surface area contributed by atoms with Crippen molar-refractivity contribution in [2.45, 2.75) is 19.9 Å². The molecule has 2 amide bonds. The standard InChI is InChI=1S/C16H20N4O5/c1-10-3-5-12(6-4-10)11(2)17-16(21)18-13-7-14(19(22)23)9-15(8-13)20(24)25/h3-9,11,19-20,22,24H,1-2H3,(H2,17,18,21). The molecular formula is C16H20N4O5. The topological polar surface area (TPSA) is 137 Å². The first-order valence-electron chi connectivity index (χ1n) is 7.52. The van der Waals surface area contributed by atoms with E-state index in [1.165, 1.54) is 12.1 Å². The first-order chi connectivity index (χ1) is 11.8. The predicted molar refractivity (Wildman–Crippen MR) is 89.7 cm³/mol. The van der Waals surface area contributed by atoms with Crippen LogP contribution in [0.3, 0.4) is 0 Å². The Labute approximate surface area is 144 Å². The van der Waals surface area contributed by atoms with Gasteiger partial charge in [0.25, 0.3) is 0 Å². The molecule has 0 spiro atoms. The van der Waals surface area contributed by atoms with E-state index in [1.807, 2.05) is 31.2 Å². The Kier molecular flexibility index (Phi) is 6.04. The minimum Gasteiger partial charge on any atom is -0.595 e. The number of hydrogen-bond donors (Lipinski definition) is 6. The lowest BCUT2D eigenvalue weighted by Gasteiger charge is -2.18. The van der Waals surface area contributed by atoms with Crippen molar-refractivity contribution in [1.29, 1.82) is 0 Å². The third-order valence-electron chi connectivity index (χ3n) is 3.61. The van der Waals surface area contributed by atoms with Crippen LogP contribution < -0.4 is 21.1 Å². The number of urea groups is 1. The molecule has 0 saturated heterocycles. The first-order valence-corrected chi connectivity index (χ1v) is 7.52. The lowest BCUT2D eigenvalue weighted by Crippen LogP contribution is -3.00. The smallest absolute Gasteiger partial charge is 0.319 e. The summed E-state index contributed by atoms with van der Waals surface area (Å²) in [5, 5.41) is 42.9. The zero-order valence-corrected chi connectivity index (χ0v) is 13.7. The van der Waals surface area contributed by atoms with Gasteiger partial charge in [0.2, 0.25) is 0 Å². The molecule has 9 heteroatoms. The summed E-state index contributed by atoms with van der Waals surface area (Å²) >= 11 is 0. The van der Waals surface area contributed by atoms with Crippen molar-refractivity contribution in [3.8, 4) is 0 Å². The highest BCUT2D eigenvalue weighted by Gasteiger charge is 2.14. The third-order valence-corrected chi connectivity index (χ3v) is 3.61. The second-order valence-electron chi connectivity index (χ2n) is 5.64. The number of nitrogens with one attached hydrogen (secondary N) is 4. The fourth-order valence-corrected chi connectivity index (χ4v) is 2.25. The first kappa shape index (κ1) is 18.8. The molecule has 2 rings (SSSR count). The van der Waals surface area contributed by atoms with E-state index in [9.17, 15) is 15.2 Å². The summed E-state index contributed by atoms with van der Waals surface area (Å²) in [7, 11) is 0. The second kappa shape index (κ2) is 8.03. The van der Waals surface area contributed by atoms with Gasteiger partial charge in [-0.3, -0.25) is 0 Å². The summed E-state index contributed by atoms with van der Waals surface area (Å²) in [6.07, 6.45) is 0. The van der Waals surface area contributed by atoms with Crippen molar-refractivity contribution in [3.05, 3.63) is 64.0 Å². The quantitative estimate of drug-likeness (QED) is 0.442. The van der Waals surface area contributed by atoms with Gasteiger partial charge < -0.3 is 21.0 Å². The van der Waals surface area contributed by atoms with Gasteiger partial charge >= 0.3 is 6.03 Å². The van der Waals surface area contributed by atoms with Crippen LogP contribution >= 0.6 is 0 Å². The molecule has 0 fully saturated rings. The van der Waals surface area contributed by atoms with Crippen LogP contribution in [0.25, 0.3) is 0 Å². The van der Waals surface area contributed by atoms with E-state index in [-0.39, 0.29) is 23.1 Å². The lowest BCUT2D eigenvalue weighted by atomic mass is 10.1. The molecular weight excluding hydrogens is 328 g/mol. The Bertz CT molecular complexity index is 708. The van der Waals surface area contributed by atoms with Gasteiger partial charge in [-0.05, 0) is 19.4 Å². The molecule has 9 nitrogen and oxygen atoms in total. The number of amides is 2. The molecule has 0 bridgehead atoms. The fourth-order valence-electron chi connectivity index (χ4n) is 2.25. The van der Waals surface area contributed by atoms with E-state index in [2.05, 4.69) is 10.6 Å². The highest BCUT2D eigenvalue weighted by atomic mass is 16.8. The van der Waals surface area contributed by atoms with Gasteiger partial charge in [-0.1, -0.05) is 29.8 Å². The second-order valence-corrected chi connectivity index (χ2v) is 5.64. The minimum atomic E-state index is -1.28. The number of anilines is 1. The SMILES string of the molecule is Cc1ccc(C(C)NC(=O)Nc2cc([NH+]([O-])O)cc([NH+]([O-])O)c2)cc1. The van der Waals surface area contributed by atoms with Crippen LogP contribution in [0.4, 0.5) is 21.9 Å². The molecule has 25 heavy (non-hydrogen) atoms. The molecule has 0 aromatic heterocycles. The molecule has 0 saturated carbocycles. The van der Waals surface area contributed by atoms with Crippen LogP contribution in [0.5, 0.6) is 0 Å². The number of aryl methyl sites for hydroxylation is 1. The molecule has 6 N–H and O–H groups in total. The van der Waals surface area contributed by atoms with Crippen molar-refractivity contribution in [3.63, 3.8) is 0 Å². The van der Waals surface area contributed by atoms with Crippen LogP contribution in [-0.2, 0) is 0 Å². The van der Waals surface area contributed by atoms with Crippen molar-refractivity contribution >= 4 is 23.1 Å². The number of hydrogen-bond acceptors (Lipinski definition) is 5. The van der Waals surface area contributed by atoms with Gasteiger partial charge in [0.05, 0.1) is 17.8 Å². The lowest BCUT2D eigenvalue weighted by molar-refractivity contribution is -0.996. The molecule has 0 heterocycles. The Morgan fingerprint density at radius 3 is 2.04 bits per heavy atom. The molecule has 0 aliphatic rings. The maximum Gasteiger partial charge on any atom is 0.319 e. The summed E-state index contributed by atoms with van der Waals surface area (Å²) in [6.45, 7) is 3.77. The van der Waals surface area contributed by atoms with E-state index >= 15 is 0 Å². The molecule has 0 radical (unpaired) electrons. The zero-order valence-electron chi connectivity index (χ0n) is 13.7. The Balaban J connectivity index is 2.10. The third kappa shape index (κ3) is 5.22. The maximum atomic E-state index is 12.1. The van der Waals surface area contributed by atoms with Gasteiger partial charge in [0.15, 0.2) is 11.4 Å². The molecule has 3 atom stereocenters. The highest BCUT2D eigenvalue weighted by Crippen LogP contribution is 2.18. The zero-order chi connectivity index (χ0) is 18.6. The van der Waals surface area contributed by atoms with E-state index in [4.69, 9.17) is 10.4 Å². The summed E-state index contributed by atoms with van der Waals surface area (Å²) in [4.78, 5) is 12.1. The number of benzene rings is 2. The van der Waals surface area contributed by atoms with E-state index in [1.54, 1.807) is 6.92 Å². The van der Waals surface area contributed by atoms with E-state index in [0.29, 0.717) is 0 Å². The average molecular weight is 348 g/mol. The van der Waals surface area contributed by atoms with Crippen molar-refractivity contribution < 1.29 is 25.7 Å². The number of rotatable bonds is 5. The van der Waals surface area contributed by atoms with Crippen LogP contribution in [0.1, 0.15) is 24.1 Å². The van der Waals surface area contributed by atoms with Gasteiger partial charge in [-0.25, -0.2) is 15.2 Å². The number of quaternary nitrogens is 2. The van der Waals surface area contributed by atoms with Crippen LogP contribution in [0, 0.1) is 17.3 Å². The highest BCUT2D eigenvalue weighted by molar-refractivity contribution is 5.90. The molecule has 3 unspecified atom stereocenters. The number of carbonyl (C=O) groups excluding carboxylic acids is 1. The molecule has 2 aromatic carbocycles. The van der Waals surface area contributed by atoms with Crippen LogP contribution in [0.15, 0.2) is 42.5 Å². The Morgan fingerprint density at radius 2 is 1.56 bits per heavy atom. The van der Waals surface area contributed by atoms with Gasteiger partial charge in [0.1, 0.15) is 0 Å². The molecule has 2 aromatic rings. The van der Waals surface area contributed by atoms with E-state index in [0.717, 1.165) is 17.2 Å². The summed E-state index contributed by atoms with van der Waals surface area (Å²) in [6, 6.07) is 10.2. The van der Waals surface area contributed by atoms with Crippen molar-refractivity contribution in [2.75, 3.05) is 5.32 Å². The predicted octanol–water partition coefficient (Wildman–Crippen LogP) is 0.685. The van der Waals surface area contributed by atoms with Gasteiger partial charge in [0, 0.05) is 12.1 Å². The molecule has 0 aliphatic carbocycles. The van der Waals surface area contributed by atoms with Crippen LogP contribution in [-0.4, -0.2) is 16.4 Å². The molecule has 0 aliphatic heterocycles. The number of carbonyl (C=O) groups is 1. The van der Waals surface area contributed by atoms with Gasteiger partial charge in [-0.2, -0.15) is 10.5 Å². The van der Waals surface area contributed by atoms with Crippen molar-refractivity contribution in [2.24, 2.45) is 0 Å². The monoisotopic (exact) mass is 348 g/mol. The largest absolute Gasteiger partial charge is 0.595 e. The summed E-state index contributed by atoms with van der Waals surface area (Å²) < 4.78 is 0. The van der Waals surface area contributed by atoms with Gasteiger partial charge in [-0.15, -0.1) is 0 Å². The average Bonchev–Trinajstić information content (AvgIpc) is 2.54. The van der Waals surface area contributed by atoms with Crippen LogP contribution in [0.2, 0.25) is 0 Å². The minimum absolute atomic E-state index is 0.0888. The normalized spacial score (nSPS) is 14.5. The maximum absolute atomic E-state index is 12.1. The van der Waals surface area contributed by atoms with E-state index < -0.39 is 16.5 Å².